The molecule has 1 aliphatic rings. The number of hydrogen-bond donors (Lipinski definition) is 5. The standard InChI is InChI=1S/C45H55N7O6/c1-32(41(53)48-30-34-15-20-37(21-16-34)40(46)50-43(55)57-31-36-13-9-6-10-14-36)49-42(54)39(24-19-33-11-7-5-8-12-33)47-29-35-17-22-38(23-18-35)51-25-27-52(28-26-51)44(56)58-45(2,3)4/h5-18,20-23,32,39,47H,19,24-31H2,1-4H3,(H,48,53)(H,49,54)(H2,46,50,55). The summed E-state index contributed by atoms with van der Waals surface area (Å²) in [6.07, 6.45) is 0.202. The highest BCUT2D eigenvalue weighted by atomic mass is 16.6. The molecule has 5 N–H and O–H groups in total. The number of alkyl carbamates (subject to hydrolysis) is 1. The molecule has 1 heterocycles. The number of nitrogens with one attached hydrogen (secondary N) is 5. The maximum atomic E-state index is 13.6. The minimum atomic E-state index is -0.790. The van der Waals surface area contributed by atoms with E-state index >= 15 is 0 Å². The van der Waals surface area contributed by atoms with Crippen LogP contribution in [-0.2, 0) is 45.2 Å². The van der Waals surface area contributed by atoms with Gasteiger partial charge in [-0.3, -0.25) is 20.3 Å². The lowest BCUT2D eigenvalue weighted by atomic mass is 10.0. The number of carbonyl (C=O) groups is 4. The van der Waals surface area contributed by atoms with Crippen molar-refractivity contribution in [1.29, 1.82) is 5.41 Å². The van der Waals surface area contributed by atoms with Crippen molar-refractivity contribution < 1.29 is 28.7 Å². The van der Waals surface area contributed by atoms with Crippen molar-refractivity contribution in [3.05, 3.63) is 137 Å². The zero-order valence-corrected chi connectivity index (χ0v) is 33.8. The number of ether oxygens (including phenoxy) is 2. The Kier molecular flexibility index (Phi) is 15.4. The Morgan fingerprint density at radius 2 is 1.31 bits per heavy atom. The molecule has 0 bridgehead atoms. The number of carbonyl (C=O) groups excluding carboxylic acids is 4. The third-order valence-corrected chi connectivity index (χ3v) is 9.57. The SMILES string of the molecule is CC(NC(=O)C(CCc1ccccc1)NCc1ccc(N2CCN(C(=O)OC(C)(C)C)CC2)cc1)C(=O)NCc1ccc(C(=N)NC(=O)OCc2ccccc2)cc1. The quantitative estimate of drug-likeness (QED) is 0.0734. The highest BCUT2D eigenvalue weighted by molar-refractivity contribution is 6.04. The highest BCUT2D eigenvalue weighted by Gasteiger charge is 2.26. The zero-order chi connectivity index (χ0) is 41.5. The number of anilines is 1. The van der Waals surface area contributed by atoms with E-state index in [2.05, 4.69) is 38.3 Å². The molecule has 306 valence electrons. The van der Waals surface area contributed by atoms with Crippen LogP contribution in [0.1, 0.15) is 61.9 Å². The number of amides is 4. The number of aryl methyl sites for hydroxylation is 1. The molecule has 2 atom stereocenters. The number of rotatable bonds is 15. The van der Waals surface area contributed by atoms with E-state index in [-0.39, 0.29) is 36.9 Å². The van der Waals surface area contributed by atoms with Gasteiger partial charge in [0.05, 0.1) is 6.04 Å². The van der Waals surface area contributed by atoms with Crippen LogP contribution < -0.4 is 26.2 Å². The monoisotopic (exact) mass is 789 g/mol. The summed E-state index contributed by atoms with van der Waals surface area (Å²) in [5.41, 5.74) is 4.77. The first-order valence-corrected chi connectivity index (χ1v) is 19.7. The molecule has 1 aliphatic heterocycles. The van der Waals surface area contributed by atoms with Crippen LogP contribution in [0, 0.1) is 5.41 Å². The summed E-state index contributed by atoms with van der Waals surface area (Å²) in [5, 5.41) is 19.8. The van der Waals surface area contributed by atoms with Gasteiger partial charge in [0.2, 0.25) is 11.8 Å². The lowest BCUT2D eigenvalue weighted by Crippen LogP contribution is -2.51. The van der Waals surface area contributed by atoms with E-state index in [1.165, 1.54) is 0 Å². The fourth-order valence-electron chi connectivity index (χ4n) is 6.27. The number of amidine groups is 1. The fourth-order valence-corrected chi connectivity index (χ4v) is 6.27. The predicted octanol–water partition coefficient (Wildman–Crippen LogP) is 5.91. The van der Waals surface area contributed by atoms with E-state index in [9.17, 15) is 19.2 Å². The van der Waals surface area contributed by atoms with Gasteiger partial charge in [0.1, 0.15) is 24.1 Å². The van der Waals surface area contributed by atoms with Crippen LogP contribution in [0.15, 0.2) is 109 Å². The number of nitrogens with zero attached hydrogens (tertiary/aromatic N) is 2. The number of benzene rings is 4. The zero-order valence-electron chi connectivity index (χ0n) is 33.8. The summed E-state index contributed by atoms with van der Waals surface area (Å²) in [4.78, 5) is 55.4. The molecular formula is C45H55N7O6. The van der Waals surface area contributed by atoms with Gasteiger partial charge >= 0.3 is 12.2 Å². The van der Waals surface area contributed by atoms with Crippen LogP contribution in [0.3, 0.4) is 0 Å². The van der Waals surface area contributed by atoms with Gasteiger partial charge in [0.15, 0.2) is 0 Å². The summed E-state index contributed by atoms with van der Waals surface area (Å²) >= 11 is 0. The van der Waals surface area contributed by atoms with Gasteiger partial charge in [-0.05, 0) is 74.9 Å². The lowest BCUT2D eigenvalue weighted by Gasteiger charge is -2.36. The molecule has 0 aliphatic carbocycles. The Labute approximate surface area is 341 Å². The van der Waals surface area contributed by atoms with Crippen LogP contribution in [-0.4, -0.2) is 78.6 Å². The molecule has 4 amide bonds. The molecule has 4 aromatic carbocycles. The largest absolute Gasteiger partial charge is 0.444 e. The van der Waals surface area contributed by atoms with E-state index in [1.54, 1.807) is 36.1 Å². The van der Waals surface area contributed by atoms with Gasteiger partial charge in [-0.15, -0.1) is 0 Å². The van der Waals surface area contributed by atoms with Gasteiger partial charge in [0, 0.05) is 50.5 Å². The molecule has 0 aromatic heterocycles. The fraction of sp³-hybridized carbons (Fsp3) is 0.356. The van der Waals surface area contributed by atoms with Gasteiger partial charge in [0.25, 0.3) is 0 Å². The molecular weight excluding hydrogens is 735 g/mol. The third kappa shape index (κ3) is 13.8. The molecule has 13 heteroatoms. The maximum Gasteiger partial charge on any atom is 0.413 e. The molecule has 5 rings (SSSR count). The minimum absolute atomic E-state index is 0.0950. The topological polar surface area (TPSA) is 165 Å². The average molecular weight is 790 g/mol. The van der Waals surface area contributed by atoms with E-state index in [0.29, 0.717) is 51.1 Å². The molecule has 0 spiro atoms. The summed E-state index contributed by atoms with van der Waals surface area (Å²) in [6.45, 7) is 10.6. The molecule has 58 heavy (non-hydrogen) atoms. The average Bonchev–Trinajstić information content (AvgIpc) is 3.22. The summed E-state index contributed by atoms with van der Waals surface area (Å²) in [7, 11) is 0. The van der Waals surface area contributed by atoms with Crippen molar-refractivity contribution in [3.8, 4) is 0 Å². The second kappa shape index (κ2) is 20.8. The molecule has 0 saturated carbocycles. The van der Waals surface area contributed by atoms with E-state index < -0.39 is 23.8 Å². The summed E-state index contributed by atoms with van der Waals surface area (Å²) in [5.74, 6) is -0.711. The van der Waals surface area contributed by atoms with Crippen molar-refractivity contribution in [2.45, 2.75) is 77.9 Å². The van der Waals surface area contributed by atoms with Gasteiger partial charge in [-0.1, -0.05) is 97.1 Å². The molecule has 13 nitrogen and oxygen atoms in total. The minimum Gasteiger partial charge on any atom is -0.444 e. The normalized spacial score (nSPS) is 13.8. The van der Waals surface area contributed by atoms with Crippen LogP contribution >= 0.6 is 0 Å². The first-order valence-electron chi connectivity index (χ1n) is 19.7. The predicted molar refractivity (Wildman–Crippen MR) is 224 cm³/mol. The number of hydrogen-bond acceptors (Lipinski definition) is 9. The second-order valence-corrected chi connectivity index (χ2v) is 15.3. The van der Waals surface area contributed by atoms with E-state index in [0.717, 1.165) is 27.9 Å². The second-order valence-electron chi connectivity index (χ2n) is 15.3. The van der Waals surface area contributed by atoms with Crippen LogP contribution in [0.25, 0.3) is 0 Å². The Morgan fingerprint density at radius 3 is 1.93 bits per heavy atom. The van der Waals surface area contributed by atoms with Crippen LogP contribution in [0.4, 0.5) is 15.3 Å². The Bertz CT molecular complexity index is 1960. The van der Waals surface area contributed by atoms with Gasteiger partial charge in [-0.2, -0.15) is 0 Å². The molecule has 1 fully saturated rings. The number of piperazine rings is 1. The first kappa shape index (κ1) is 42.9. The Hall–Kier alpha value is -6.21. The van der Waals surface area contributed by atoms with Crippen LogP contribution in [0.5, 0.6) is 0 Å². The molecule has 1 saturated heterocycles. The van der Waals surface area contributed by atoms with Gasteiger partial charge < -0.3 is 35.2 Å². The van der Waals surface area contributed by atoms with Crippen molar-refractivity contribution in [2.24, 2.45) is 0 Å². The van der Waals surface area contributed by atoms with Crippen molar-refractivity contribution >= 4 is 35.5 Å². The van der Waals surface area contributed by atoms with Crippen molar-refractivity contribution in [1.82, 2.24) is 26.2 Å². The van der Waals surface area contributed by atoms with Crippen molar-refractivity contribution in [3.63, 3.8) is 0 Å². The molecule has 2 unspecified atom stereocenters. The smallest absolute Gasteiger partial charge is 0.413 e. The van der Waals surface area contributed by atoms with Gasteiger partial charge in [-0.25, -0.2) is 9.59 Å². The summed E-state index contributed by atoms with van der Waals surface area (Å²) in [6, 6.07) is 33.0. The highest BCUT2D eigenvalue weighted by Crippen LogP contribution is 2.19. The molecule has 4 aromatic rings. The third-order valence-electron chi connectivity index (χ3n) is 9.57. The van der Waals surface area contributed by atoms with Crippen LogP contribution in [0.2, 0.25) is 0 Å². The maximum absolute atomic E-state index is 13.6. The summed E-state index contributed by atoms with van der Waals surface area (Å²) < 4.78 is 10.7. The van der Waals surface area contributed by atoms with E-state index in [1.807, 2.05) is 93.6 Å². The Morgan fingerprint density at radius 1 is 0.724 bits per heavy atom. The Balaban J connectivity index is 1.08. The first-order chi connectivity index (χ1) is 27.8. The lowest BCUT2D eigenvalue weighted by molar-refractivity contribution is -0.129. The van der Waals surface area contributed by atoms with Crippen molar-refractivity contribution in [2.75, 3.05) is 31.1 Å². The van der Waals surface area contributed by atoms with E-state index in [4.69, 9.17) is 14.9 Å². The molecule has 0 radical (unpaired) electrons.